The lowest BCUT2D eigenvalue weighted by atomic mass is 10.1. The lowest BCUT2D eigenvalue weighted by Crippen LogP contribution is -2.51. The second kappa shape index (κ2) is 5.50. The summed E-state index contributed by atoms with van der Waals surface area (Å²) < 4.78 is 5.90. The number of hydrogen-bond acceptors (Lipinski definition) is 4. The molecular weight excluding hydrogens is 332 g/mol. The fourth-order valence-electron chi connectivity index (χ4n) is 1.56. The maximum atomic E-state index is 11.7. The Morgan fingerprint density at radius 2 is 1.84 bits per heavy atom. The molecule has 7 heteroatoms. The molecule has 1 aromatic carbocycles. The number of carbonyl (C=O) groups is 2. The molecule has 0 aromatic heterocycles. The minimum absolute atomic E-state index is 0.00578. The third-order valence-electron chi connectivity index (χ3n) is 2.38. The van der Waals surface area contributed by atoms with Crippen LogP contribution >= 0.6 is 28.1 Å². The first-order valence-corrected chi connectivity index (χ1v) is 6.42. The molecule has 0 aliphatic carbocycles. The fraction of sp³-hybridized carbons (Fsp3) is 0.0833. The van der Waals surface area contributed by atoms with Crippen LogP contribution in [0, 0.1) is 0 Å². The summed E-state index contributed by atoms with van der Waals surface area (Å²) in [6.07, 6.45) is 1.47. The lowest BCUT2D eigenvalue weighted by Gasteiger charge is -2.16. The highest BCUT2D eigenvalue weighted by Gasteiger charge is 2.25. The third kappa shape index (κ3) is 3.18. The summed E-state index contributed by atoms with van der Waals surface area (Å²) in [6, 6.07) is 5.26. The zero-order chi connectivity index (χ0) is 14.0. The Labute approximate surface area is 123 Å². The molecule has 1 saturated heterocycles. The predicted molar refractivity (Wildman–Crippen MR) is 77.6 cm³/mol. The van der Waals surface area contributed by atoms with Crippen molar-refractivity contribution in [2.75, 3.05) is 7.11 Å². The van der Waals surface area contributed by atoms with Gasteiger partial charge in [0.2, 0.25) is 0 Å². The number of thiocarbonyl (C=S) groups is 1. The van der Waals surface area contributed by atoms with Crippen molar-refractivity contribution in [1.29, 1.82) is 0 Å². The third-order valence-corrected chi connectivity index (χ3v) is 3.05. The topological polar surface area (TPSA) is 67.4 Å². The quantitative estimate of drug-likeness (QED) is 0.484. The van der Waals surface area contributed by atoms with E-state index in [0.717, 1.165) is 4.47 Å². The van der Waals surface area contributed by atoms with E-state index in [0.29, 0.717) is 11.3 Å². The summed E-state index contributed by atoms with van der Waals surface area (Å²) in [7, 11) is 1.54. The van der Waals surface area contributed by atoms with Gasteiger partial charge in [-0.3, -0.25) is 20.2 Å². The van der Waals surface area contributed by atoms with Gasteiger partial charge in [0.05, 0.1) is 7.11 Å². The molecule has 98 valence electrons. The van der Waals surface area contributed by atoms with Crippen molar-refractivity contribution in [1.82, 2.24) is 10.6 Å². The van der Waals surface area contributed by atoms with Crippen LogP contribution in [0.3, 0.4) is 0 Å². The number of ether oxygens (including phenoxy) is 1. The van der Waals surface area contributed by atoms with Gasteiger partial charge < -0.3 is 4.74 Å². The van der Waals surface area contributed by atoms with Crippen LogP contribution in [0.25, 0.3) is 6.08 Å². The summed E-state index contributed by atoms with van der Waals surface area (Å²) in [5.41, 5.74) is 0.660. The minimum atomic E-state index is -0.521. The van der Waals surface area contributed by atoms with Crippen molar-refractivity contribution in [3.05, 3.63) is 33.8 Å². The molecule has 0 unspecified atom stereocenters. The number of rotatable bonds is 2. The highest BCUT2D eigenvalue weighted by Crippen LogP contribution is 2.23. The van der Waals surface area contributed by atoms with Crippen LogP contribution < -0.4 is 15.4 Å². The van der Waals surface area contributed by atoms with E-state index in [1.165, 1.54) is 13.2 Å². The first kappa shape index (κ1) is 13.7. The molecule has 0 atom stereocenters. The Hall–Kier alpha value is -1.73. The molecule has 0 saturated carbocycles. The number of nitrogens with one attached hydrogen (secondary N) is 2. The SMILES string of the molecule is COc1cc(Br)cc(C=C2C(=O)NC(=S)NC2=O)c1. The van der Waals surface area contributed by atoms with E-state index in [-0.39, 0.29) is 10.7 Å². The van der Waals surface area contributed by atoms with Gasteiger partial charge in [0.25, 0.3) is 11.8 Å². The van der Waals surface area contributed by atoms with Crippen LogP contribution in [0.4, 0.5) is 0 Å². The van der Waals surface area contributed by atoms with Gasteiger partial charge in [0, 0.05) is 4.47 Å². The van der Waals surface area contributed by atoms with E-state index in [2.05, 4.69) is 26.6 Å². The fourth-order valence-corrected chi connectivity index (χ4v) is 2.23. The van der Waals surface area contributed by atoms with Gasteiger partial charge in [-0.2, -0.15) is 0 Å². The second-order valence-corrected chi connectivity index (χ2v) is 5.04. The summed E-state index contributed by atoms with van der Waals surface area (Å²) >= 11 is 8.05. The molecule has 0 spiro atoms. The average Bonchev–Trinajstić information content (AvgIpc) is 2.33. The maximum absolute atomic E-state index is 11.7. The average molecular weight is 341 g/mol. The van der Waals surface area contributed by atoms with E-state index >= 15 is 0 Å². The van der Waals surface area contributed by atoms with Crippen LogP contribution in [0.1, 0.15) is 5.56 Å². The molecule has 2 N–H and O–H groups in total. The lowest BCUT2D eigenvalue weighted by molar-refractivity contribution is -0.123. The van der Waals surface area contributed by atoms with Crippen LogP contribution in [-0.4, -0.2) is 24.0 Å². The Morgan fingerprint density at radius 1 is 1.21 bits per heavy atom. The van der Waals surface area contributed by atoms with E-state index < -0.39 is 11.8 Å². The van der Waals surface area contributed by atoms with Gasteiger partial charge in [-0.1, -0.05) is 15.9 Å². The van der Waals surface area contributed by atoms with Crippen LogP contribution in [-0.2, 0) is 9.59 Å². The van der Waals surface area contributed by atoms with Crippen LogP contribution in [0.5, 0.6) is 5.75 Å². The van der Waals surface area contributed by atoms with Gasteiger partial charge in [0.1, 0.15) is 11.3 Å². The number of halogens is 1. The van der Waals surface area contributed by atoms with Gasteiger partial charge in [0.15, 0.2) is 5.11 Å². The van der Waals surface area contributed by atoms with Crippen LogP contribution in [0.15, 0.2) is 28.2 Å². The molecule has 5 nitrogen and oxygen atoms in total. The number of amides is 2. The maximum Gasteiger partial charge on any atom is 0.263 e. The molecule has 2 amide bonds. The Kier molecular flexibility index (Phi) is 3.96. The number of carbonyl (C=O) groups excluding carboxylic acids is 2. The predicted octanol–water partition coefficient (Wildman–Crippen LogP) is 1.37. The second-order valence-electron chi connectivity index (χ2n) is 3.72. The molecular formula is C12H9BrN2O3S. The number of benzene rings is 1. The molecule has 1 fully saturated rings. The Balaban J connectivity index is 2.40. The van der Waals surface area contributed by atoms with Crippen molar-refractivity contribution in [3.8, 4) is 5.75 Å². The largest absolute Gasteiger partial charge is 0.497 e. The van der Waals surface area contributed by atoms with Gasteiger partial charge in [-0.05, 0) is 42.1 Å². The van der Waals surface area contributed by atoms with Crippen molar-refractivity contribution >= 4 is 51.2 Å². The molecule has 1 aliphatic heterocycles. The summed E-state index contributed by atoms with van der Waals surface area (Å²) in [4.78, 5) is 23.4. The first-order valence-electron chi connectivity index (χ1n) is 5.22. The molecule has 1 aliphatic rings. The van der Waals surface area contributed by atoms with E-state index in [4.69, 9.17) is 17.0 Å². The number of hydrogen-bond donors (Lipinski definition) is 2. The monoisotopic (exact) mass is 340 g/mol. The van der Waals surface area contributed by atoms with Gasteiger partial charge in [-0.25, -0.2) is 0 Å². The van der Waals surface area contributed by atoms with Gasteiger partial charge in [-0.15, -0.1) is 0 Å². The van der Waals surface area contributed by atoms with Crippen molar-refractivity contribution in [2.24, 2.45) is 0 Å². The number of methoxy groups -OCH3 is 1. The van der Waals surface area contributed by atoms with Gasteiger partial charge >= 0.3 is 0 Å². The van der Waals surface area contributed by atoms with E-state index in [1.54, 1.807) is 18.2 Å². The smallest absolute Gasteiger partial charge is 0.263 e. The summed E-state index contributed by atoms with van der Waals surface area (Å²) in [6.45, 7) is 0. The zero-order valence-electron chi connectivity index (χ0n) is 9.82. The standard InChI is InChI=1S/C12H9BrN2O3S/c1-18-8-3-6(2-7(13)5-8)4-9-10(16)14-12(19)15-11(9)17/h2-5H,1H3,(H2,14,15,16,17,19). The highest BCUT2D eigenvalue weighted by molar-refractivity contribution is 9.10. The highest BCUT2D eigenvalue weighted by atomic mass is 79.9. The first-order chi connectivity index (χ1) is 8.99. The van der Waals surface area contributed by atoms with Crippen molar-refractivity contribution in [2.45, 2.75) is 0 Å². The molecule has 0 bridgehead atoms. The molecule has 1 heterocycles. The van der Waals surface area contributed by atoms with Crippen LogP contribution in [0.2, 0.25) is 0 Å². The Morgan fingerprint density at radius 3 is 2.42 bits per heavy atom. The molecule has 1 aromatic rings. The summed E-state index contributed by atoms with van der Waals surface area (Å²) in [5.74, 6) is -0.422. The van der Waals surface area contributed by atoms with Crippen molar-refractivity contribution in [3.63, 3.8) is 0 Å². The molecule has 0 radical (unpaired) electrons. The molecule has 2 rings (SSSR count). The normalized spacial score (nSPS) is 14.8. The van der Waals surface area contributed by atoms with E-state index in [1.807, 2.05) is 0 Å². The summed E-state index contributed by atoms with van der Waals surface area (Å²) in [5, 5.41) is 4.76. The Bertz CT molecular complexity index is 591. The zero-order valence-corrected chi connectivity index (χ0v) is 12.2. The van der Waals surface area contributed by atoms with Crippen molar-refractivity contribution < 1.29 is 14.3 Å². The minimum Gasteiger partial charge on any atom is -0.497 e. The van der Waals surface area contributed by atoms with E-state index in [9.17, 15) is 9.59 Å². The molecule has 19 heavy (non-hydrogen) atoms.